The van der Waals surface area contributed by atoms with Crippen LogP contribution >= 0.6 is 0 Å². The van der Waals surface area contributed by atoms with E-state index in [0.717, 1.165) is 6.07 Å². The summed E-state index contributed by atoms with van der Waals surface area (Å²) < 4.78 is 46.0. The molecule has 3 unspecified atom stereocenters. The maximum atomic E-state index is 13.6. The Morgan fingerprint density at radius 3 is 2.58 bits per heavy atom. The molecule has 1 aromatic carbocycles. The van der Waals surface area contributed by atoms with Crippen molar-refractivity contribution in [1.29, 1.82) is 0 Å². The number of rotatable bonds is 2. The lowest BCUT2D eigenvalue weighted by Crippen LogP contribution is -2.40. The topological polar surface area (TPSA) is 58.6 Å². The quantitative estimate of drug-likeness (QED) is 0.637. The predicted octanol–water partition coefficient (Wildman–Crippen LogP) is 5.40. The van der Waals surface area contributed by atoms with E-state index < -0.39 is 28.8 Å². The van der Waals surface area contributed by atoms with Crippen molar-refractivity contribution in [3.05, 3.63) is 41.5 Å². The number of benzene rings is 1. The fourth-order valence-corrected chi connectivity index (χ4v) is 5.80. The molecule has 1 saturated heterocycles. The first-order chi connectivity index (χ1) is 15.3. The lowest BCUT2D eigenvalue weighted by molar-refractivity contribution is -0.138. The Morgan fingerprint density at radius 1 is 1.21 bits per heavy atom. The smallest absolute Gasteiger partial charge is 0.416 e. The van der Waals surface area contributed by atoms with Gasteiger partial charge >= 0.3 is 12.3 Å². The molecule has 0 bridgehead atoms. The average Bonchev–Trinajstić information content (AvgIpc) is 3.22. The molecule has 5 nitrogen and oxygen atoms in total. The summed E-state index contributed by atoms with van der Waals surface area (Å²) in [4.78, 5) is 27.5. The SMILES string of the molecule is CC1C2CC(c3ccccc3C(F)(F)F)=CCN2C(=O)[C@]12CCC(NC(=O)OC(C)(C)C)C2. The molecule has 1 spiro atoms. The highest BCUT2D eigenvalue weighted by Crippen LogP contribution is 2.55. The summed E-state index contributed by atoms with van der Waals surface area (Å²) in [7, 11) is 0. The Labute approximate surface area is 192 Å². The third-order valence-electron chi connectivity index (χ3n) is 7.35. The number of fused-ring (bicyclic) bond motifs is 1. The molecule has 33 heavy (non-hydrogen) atoms. The zero-order chi connectivity index (χ0) is 24.2. The molecule has 1 saturated carbocycles. The Kier molecular flexibility index (Phi) is 5.78. The number of alkyl halides is 3. The van der Waals surface area contributed by atoms with Crippen LogP contribution < -0.4 is 5.32 Å². The van der Waals surface area contributed by atoms with Crippen molar-refractivity contribution in [3.63, 3.8) is 0 Å². The van der Waals surface area contributed by atoms with Crippen molar-refractivity contribution in [3.8, 4) is 0 Å². The number of hydrogen-bond acceptors (Lipinski definition) is 3. The van der Waals surface area contributed by atoms with Gasteiger partial charge in [-0.25, -0.2) is 4.79 Å². The third-order valence-corrected chi connectivity index (χ3v) is 7.35. The number of carbonyl (C=O) groups is 2. The normalized spacial score (nSPS) is 29.8. The van der Waals surface area contributed by atoms with Crippen LogP contribution in [0.3, 0.4) is 0 Å². The summed E-state index contributed by atoms with van der Waals surface area (Å²) in [6.45, 7) is 7.72. The summed E-state index contributed by atoms with van der Waals surface area (Å²) in [5.74, 6) is 0.0186. The molecule has 3 aliphatic rings. The van der Waals surface area contributed by atoms with Gasteiger partial charge in [0.05, 0.1) is 11.0 Å². The van der Waals surface area contributed by atoms with E-state index in [-0.39, 0.29) is 29.5 Å². The molecule has 1 aromatic rings. The lowest BCUT2D eigenvalue weighted by atomic mass is 9.73. The fraction of sp³-hybridized carbons (Fsp3) is 0.600. The van der Waals surface area contributed by atoms with Gasteiger partial charge in [-0.2, -0.15) is 13.2 Å². The second-order valence-corrected chi connectivity index (χ2v) is 10.5. The van der Waals surface area contributed by atoms with E-state index in [1.165, 1.54) is 12.1 Å². The minimum atomic E-state index is -4.43. The number of hydrogen-bond donors (Lipinski definition) is 1. The minimum Gasteiger partial charge on any atom is -0.444 e. The molecule has 4 atom stereocenters. The molecule has 0 aromatic heterocycles. The molecule has 180 valence electrons. The molecule has 2 aliphatic heterocycles. The van der Waals surface area contributed by atoms with E-state index in [9.17, 15) is 22.8 Å². The molecule has 1 N–H and O–H groups in total. The van der Waals surface area contributed by atoms with Crippen LogP contribution in [0, 0.1) is 11.3 Å². The van der Waals surface area contributed by atoms with Gasteiger partial charge in [0.1, 0.15) is 5.60 Å². The zero-order valence-electron chi connectivity index (χ0n) is 19.5. The first-order valence-electron chi connectivity index (χ1n) is 11.5. The van der Waals surface area contributed by atoms with Gasteiger partial charge in [0.15, 0.2) is 0 Å². The van der Waals surface area contributed by atoms with Gasteiger partial charge < -0.3 is 15.0 Å². The van der Waals surface area contributed by atoms with Crippen LogP contribution in [0.15, 0.2) is 30.3 Å². The summed E-state index contributed by atoms with van der Waals surface area (Å²) in [6, 6.07) is 5.32. The van der Waals surface area contributed by atoms with Crippen molar-refractivity contribution in [2.75, 3.05) is 6.54 Å². The van der Waals surface area contributed by atoms with Crippen molar-refractivity contribution in [1.82, 2.24) is 10.2 Å². The highest BCUT2D eigenvalue weighted by molar-refractivity contribution is 5.88. The minimum absolute atomic E-state index is 0.0304. The molecule has 2 heterocycles. The van der Waals surface area contributed by atoms with Gasteiger partial charge in [-0.05, 0) is 69.6 Å². The Hall–Kier alpha value is -2.51. The van der Waals surface area contributed by atoms with Gasteiger partial charge in [0.25, 0.3) is 0 Å². The molecular formula is C25H31F3N2O3. The van der Waals surface area contributed by atoms with E-state index in [4.69, 9.17) is 4.74 Å². The Balaban J connectivity index is 1.51. The van der Waals surface area contributed by atoms with Crippen molar-refractivity contribution >= 4 is 17.6 Å². The van der Waals surface area contributed by atoms with Gasteiger partial charge in [0.2, 0.25) is 5.91 Å². The first-order valence-corrected chi connectivity index (χ1v) is 11.5. The largest absolute Gasteiger partial charge is 0.444 e. The highest BCUT2D eigenvalue weighted by atomic mass is 19.4. The van der Waals surface area contributed by atoms with Crippen molar-refractivity contribution in [2.24, 2.45) is 11.3 Å². The van der Waals surface area contributed by atoms with Crippen LogP contribution in [0.5, 0.6) is 0 Å². The summed E-state index contributed by atoms with van der Waals surface area (Å²) >= 11 is 0. The molecule has 1 aliphatic carbocycles. The van der Waals surface area contributed by atoms with E-state index in [1.807, 2.05) is 11.8 Å². The van der Waals surface area contributed by atoms with Crippen LogP contribution in [0.2, 0.25) is 0 Å². The van der Waals surface area contributed by atoms with E-state index in [0.29, 0.717) is 37.8 Å². The van der Waals surface area contributed by atoms with Crippen LogP contribution in [0.1, 0.15) is 64.5 Å². The number of alkyl carbamates (subject to hydrolysis) is 1. The number of halogens is 3. The second kappa shape index (κ2) is 8.06. The fourth-order valence-electron chi connectivity index (χ4n) is 5.80. The summed E-state index contributed by atoms with van der Waals surface area (Å²) in [5, 5.41) is 2.90. The molecule has 8 heteroatoms. The number of carbonyl (C=O) groups excluding carboxylic acids is 2. The van der Waals surface area contributed by atoms with Gasteiger partial charge in [-0.1, -0.05) is 31.2 Å². The number of nitrogens with zero attached hydrogens (tertiary/aromatic N) is 1. The third kappa shape index (κ3) is 4.36. The summed E-state index contributed by atoms with van der Waals surface area (Å²) in [6.07, 6.45) is -0.926. The molecule has 2 fully saturated rings. The maximum absolute atomic E-state index is 13.6. The first kappa shape index (κ1) is 23.6. The molecular weight excluding hydrogens is 433 g/mol. The van der Waals surface area contributed by atoms with Crippen molar-refractivity contribution < 1.29 is 27.5 Å². The highest BCUT2D eigenvalue weighted by Gasteiger charge is 2.60. The average molecular weight is 465 g/mol. The lowest BCUT2D eigenvalue weighted by Gasteiger charge is -2.32. The zero-order valence-corrected chi connectivity index (χ0v) is 19.5. The molecule has 2 amide bonds. The van der Waals surface area contributed by atoms with E-state index in [1.54, 1.807) is 32.9 Å². The number of nitrogens with one attached hydrogen (secondary N) is 1. The van der Waals surface area contributed by atoms with Crippen LogP contribution in [0.4, 0.5) is 18.0 Å². The Morgan fingerprint density at radius 2 is 1.91 bits per heavy atom. The Bertz CT molecular complexity index is 982. The predicted molar refractivity (Wildman–Crippen MR) is 118 cm³/mol. The standard InChI is InChI=1S/C25H31F3N2O3/c1-15-20-13-16(18-7-5-6-8-19(18)25(26,27)28)10-12-30(20)21(31)24(15)11-9-17(14-24)29-22(32)33-23(2,3)4/h5-8,10,15,17,20H,9,11-14H2,1-4H3,(H,29,32)/t15?,17?,20?,24-/m0/s1. The number of ether oxygens (including phenoxy) is 1. The number of amides is 2. The van der Waals surface area contributed by atoms with E-state index >= 15 is 0 Å². The van der Waals surface area contributed by atoms with Gasteiger partial charge in [-0.15, -0.1) is 0 Å². The van der Waals surface area contributed by atoms with E-state index in [2.05, 4.69) is 5.32 Å². The van der Waals surface area contributed by atoms with Gasteiger partial charge in [0, 0.05) is 18.6 Å². The maximum Gasteiger partial charge on any atom is 0.416 e. The van der Waals surface area contributed by atoms with Crippen LogP contribution in [-0.2, 0) is 15.7 Å². The molecule has 0 radical (unpaired) electrons. The monoisotopic (exact) mass is 464 g/mol. The van der Waals surface area contributed by atoms with Crippen LogP contribution in [0.25, 0.3) is 5.57 Å². The van der Waals surface area contributed by atoms with Gasteiger partial charge in [-0.3, -0.25) is 4.79 Å². The van der Waals surface area contributed by atoms with Crippen LogP contribution in [-0.4, -0.2) is 41.1 Å². The summed E-state index contributed by atoms with van der Waals surface area (Å²) in [5.41, 5.74) is -1.01. The molecule has 4 rings (SSSR count). The second-order valence-electron chi connectivity index (χ2n) is 10.5. The van der Waals surface area contributed by atoms with Crippen molar-refractivity contribution in [2.45, 2.75) is 77.2 Å².